The summed E-state index contributed by atoms with van der Waals surface area (Å²) >= 11 is 7.60. The molecule has 0 saturated carbocycles. The summed E-state index contributed by atoms with van der Waals surface area (Å²) in [4.78, 5) is 5.35. The average Bonchev–Trinajstić information content (AvgIpc) is 2.32. The van der Waals surface area contributed by atoms with Gasteiger partial charge < -0.3 is 5.73 Å². The van der Waals surface area contributed by atoms with Crippen molar-refractivity contribution in [2.24, 2.45) is 0 Å². The van der Waals surface area contributed by atoms with Crippen LogP contribution in [-0.4, -0.2) is 4.98 Å². The van der Waals surface area contributed by atoms with E-state index in [0.717, 1.165) is 22.0 Å². The Labute approximate surface area is 110 Å². The Morgan fingerprint density at radius 2 is 2.18 bits per heavy atom. The van der Waals surface area contributed by atoms with E-state index in [9.17, 15) is 0 Å². The molecule has 0 saturated heterocycles. The first-order valence-electron chi connectivity index (χ1n) is 5.25. The molecule has 0 aliphatic rings. The summed E-state index contributed by atoms with van der Waals surface area (Å²) in [6, 6.07) is 9.52. The second-order valence-electron chi connectivity index (χ2n) is 3.74. The van der Waals surface area contributed by atoms with Crippen molar-refractivity contribution in [2.75, 3.05) is 5.73 Å². The number of rotatable bonds is 3. The zero-order valence-corrected chi connectivity index (χ0v) is 11.1. The second kappa shape index (κ2) is 5.43. The summed E-state index contributed by atoms with van der Waals surface area (Å²) in [5.41, 5.74) is 8.92. The van der Waals surface area contributed by atoms with Crippen molar-refractivity contribution >= 4 is 29.1 Å². The van der Waals surface area contributed by atoms with Gasteiger partial charge in [0.25, 0.3) is 0 Å². The zero-order chi connectivity index (χ0) is 12.3. The highest BCUT2D eigenvalue weighted by atomic mass is 35.5. The Bertz CT molecular complexity index is 529. The first-order valence-corrected chi connectivity index (χ1v) is 6.61. The van der Waals surface area contributed by atoms with Crippen molar-refractivity contribution in [3.63, 3.8) is 0 Å². The van der Waals surface area contributed by atoms with Gasteiger partial charge in [-0.3, -0.25) is 4.98 Å². The maximum atomic E-state index is 5.95. The number of hydrogen-bond acceptors (Lipinski definition) is 3. The Morgan fingerprint density at radius 3 is 2.94 bits per heavy atom. The van der Waals surface area contributed by atoms with Gasteiger partial charge in [-0.25, -0.2) is 0 Å². The van der Waals surface area contributed by atoms with Crippen LogP contribution in [0.3, 0.4) is 0 Å². The summed E-state index contributed by atoms with van der Waals surface area (Å²) in [6.45, 7) is 2.06. The number of nitrogen functional groups attached to an aromatic ring is 1. The normalized spacial score (nSPS) is 10.5. The molecule has 2 N–H and O–H groups in total. The summed E-state index contributed by atoms with van der Waals surface area (Å²) in [5.74, 6) is 0.803. The van der Waals surface area contributed by atoms with Crippen LogP contribution in [0.5, 0.6) is 0 Å². The van der Waals surface area contributed by atoms with Gasteiger partial charge in [-0.05, 0) is 36.8 Å². The van der Waals surface area contributed by atoms with Gasteiger partial charge >= 0.3 is 0 Å². The first-order chi connectivity index (χ1) is 8.16. The van der Waals surface area contributed by atoms with E-state index in [1.54, 1.807) is 17.8 Å². The second-order valence-corrected chi connectivity index (χ2v) is 5.19. The largest absolute Gasteiger partial charge is 0.398 e. The van der Waals surface area contributed by atoms with E-state index in [1.807, 2.05) is 24.4 Å². The predicted molar refractivity (Wildman–Crippen MR) is 74.4 cm³/mol. The van der Waals surface area contributed by atoms with Crippen LogP contribution < -0.4 is 5.73 Å². The van der Waals surface area contributed by atoms with Crippen LogP contribution in [0.1, 0.15) is 11.3 Å². The molecule has 1 aromatic carbocycles. The number of thioether (sulfide) groups is 1. The quantitative estimate of drug-likeness (QED) is 0.675. The summed E-state index contributed by atoms with van der Waals surface area (Å²) < 4.78 is 0. The molecule has 0 atom stereocenters. The van der Waals surface area contributed by atoms with Gasteiger partial charge in [0.05, 0.1) is 5.69 Å². The van der Waals surface area contributed by atoms with Gasteiger partial charge in [0.15, 0.2) is 0 Å². The lowest BCUT2D eigenvalue weighted by Crippen LogP contribution is -1.92. The number of anilines is 1. The molecule has 2 aromatic rings. The molecule has 2 nitrogen and oxygen atoms in total. The third-order valence-electron chi connectivity index (χ3n) is 2.46. The SMILES string of the molecule is Cc1cccnc1CSc1cc(Cl)ccc1N. The zero-order valence-electron chi connectivity index (χ0n) is 9.48. The standard InChI is InChI=1S/C13H13ClN2S/c1-9-3-2-6-16-12(9)8-17-13-7-10(14)4-5-11(13)15/h2-7H,8,15H2,1H3. The van der Waals surface area contributed by atoms with Crippen LogP contribution >= 0.6 is 23.4 Å². The van der Waals surface area contributed by atoms with E-state index in [2.05, 4.69) is 18.0 Å². The maximum absolute atomic E-state index is 5.95. The molecule has 1 heterocycles. The molecule has 0 amide bonds. The van der Waals surface area contributed by atoms with Crippen molar-refractivity contribution in [3.05, 3.63) is 52.8 Å². The molecule has 88 valence electrons. The van der Waals surface area contributed by atoms with Crippen LogP contribution in [0.2, 0.25) is 5.02 Å². The molecule has 0 unspecified atom stereocenters. The minimum Gasteiger partial charge on any atom is -0.398 e. The number of halogens is 1. The van der Waals surface area contributed by atoms with Gasteiger partial charge in [0.1, 0.15) is 0 Å². The number of nitrogens with zero attached hydrogens (tertiary/aromatic N) is 1. The molecule has 2 rings (SSSR count). The van der Waals surface area contributed by atoms with Crippen molar-refractivity contribution in [1.82, 2.24) is 4.98 Å². The van der Waals surface area contributed by atoms with Crippen LogP contribution in [0, 0.1) is 6.92 Å². The molecule has 0 fully saturated rings. The average molecular weight is 265 g/mol. The third kappa shape index (κ3) is 3.14. The number of aryl methyl sites for hydroxylation is 1. The monoisotopic (exact) mass is 264 g/mol. The summed E-state index contributed by atoms with van der Waals surface area (Å²) in [7, 11) is 0. The molecule has 1 aromatic heterocycles. The molecular weight excluding hydrogens is 252 g/mol. The van der Waals surface area contributed by atoms with Gasteiger partial charge in [-0.1, -0.05) is 17.7 Å². The minimum atomic E-state index is 0.708. The van der Waals surface area contributed by atoms with Gasteiger partial charge in [-0.2, -0.15) is 0 Å². The smallest absolute Gasteiger partial charge is 0.0535 e. The number of hydrogen-bond donors (Lipinski definition) is 1. The fraction of sp³-hybridized carbons (Fsp3) is 0.154. The topological polar surface area (TPSA) is 38.9 Å². The lowest BCUT2D eigenvalue weighted by atomic mass is 10.2. The van der Waals surface area contributed by atoms with E-state index in [1.165, 1.54) is 5.56 Å². The third-order valence-corrected chi connectivity index (χ3v) is 3.78. The van der Waals surface area contributed by atoms with E-state index in [0.29, 0.717) is 5.02 Å². The van der Waals surface area contributed by atoms with Crippen molar-refractivity contribution in [2.45, 2.75) is 17.6 Å². The van der Waals surface area contributed by atoms with Gasteiger partial charge in [0, 0.05) is 27.6 Å². The minimum absolute atomic E-state index is 0.708. The van der Waals surface area contributed by atoms with Crippen LogP contribution in [0.15, 0.2) is 41.4 Å². The summed E-state index contributed by atoms with van der Waals surface area (Å²) in [5, 5.41) is 0.708. The Kier molecular flexibility index (Phi) is 3.92. The highest BCUT2D eigenvalue weighted by Gasteiger charge is 2.04. The van der Waals surface area contributed by atoms with Crippen molar-refractivity contribution < 1.29 is 0 Å². The molecule has 17 heavy (non-hydrogen) atoms. The van der Waals surface area contributed by atoms with Gasteiger partial charge in [0.2, 0.25) is 0 Å². The maximum Gasteiger partial charge on any atom is 0.0535 e. The molecule has 4 heteroatoms. The Morgan fingerprint density at radius 1 is 1.35 bits per heavy atom. The van der Waals surface area contributed by atoms with Crippen LogP contribution in [0.4, 0.5) is 5.69 Å². The number of nitrogens with two attached hydrogens (primary N) is 1. The van der Waals surface area contributed by atoms with Crippen LogP contribution in [-0.2, 0) is 5.75 Å². The van der Waals surface area contributed by atoms with Gasteiger partial charge in [-0.15, -0.1) is 11.8 Å². The molecule has 0 aliphatic heterocycles. The number of benzene rings is 1. The molecule has 0 aliphatic carbocycles. The first kappa shape index (κ1) is 12.3. The van der Waals surface area contributed by atoms with Crippen molar-refractivity contribution in [1.29, 1.82) is 0 Å². The molecule has 0 radical (unpaired) electrons. The lowest BCUT2D eigenvalue weighted by molar-refractivity contribution is 1.13. The fourth-order valence-corrected chi connectivity index (χ4v) is 2.73. The molecule has 0 bridgehead atoms. The van der Waals surface area contributed by atoms with Crippen molar-refractivity contribution in [3.8, 4) is 0 Å². The highest BCUT2D eigenvalue weighted by molar-refractivity contribution is 7.98. The van der Waals surface area contributed by atoms with E-state index < -0.39 is 0 Å². The lowest BCUT2D eigenvalue weighted by Gasteiger charge is -2.07. The number of pyridine rings is 1. The van der Waals surface area contributed by atoms with Crippen LogP contribution in [0.25, 0.3) is 0 Å². The Hall–Kier alpha value is -1.19. The van der Waals surface area contributed by atoms with E-state index in [-0.39, 0.29) is 0 Å². The Balaban J connectivity index is 2.12. The predicted octanol–water partition coefficient (Wildman–Crippen LogP) is 3.92. The molecular formula is C13H13ClN2S. The highest BCUT2D eigenvalue weighted by Crippen LogP contribution is 2.30. The molecule has 0 spiro atoms. The van der Waals surface area contributed by atoms with E-state index in [4.69, 9.17) is 17.3 Å². The fourth-order valence-electron chi connectivity index (χ4n) is 1.45. The summed E-state index contributed by atoms with van der Waals surface area (Å²) in [6.07, 6.45) is 1.81. The number of aromatic nitrogens is 1. The van der Waals surface area contributed by atoms with E-state index >= 15 is 0 Å².